The standard InChI is InChI=1S/C31H44N4O6/c1-7-8-9-12-18-35(29(39)24(19-25(32)36)34-30(40)41-31(4,5)6)26(22-16-13-15-21(3)27(22)37)28(38)33-23-17-11-10-14-20(23)2/h10-11,13-17,24,26,37H,7-9,12,18-19H2,1-6H3,(H2,32,36)(H,33,38)(H,34,40). The van der Waals surface area contributed by atoms with E-state index in [1.165, 1.54) is 4.90 Å². The van der Waals surface area contributed by atoms with Crippen molar-refractivity contribution in [3.8, 4) is 5.75 Å². The van der Waals surface area contributed by atoms with E-state index in [2.05, 4.69) is 17.6 Å². The van der Waals surface area contributed by atoms with Crippen molar-refractivity contribution in [2.45, 2.75) is 91.3 Å². The van der Waals surface area contributed by atoms with Crippen LogP contribution in [0.3, 0.4) is 0 Å². The highest BCUT2D eigenvalue weighted by Gasteiger charge is 2.38. The quantitative estimate of drug-likeness (QED) is 0.253. The van der Waals surface area contributed by atoms with E-state index in [0.29, 0.717) is 17.7 Å². The molecule has 2 unspecified atom stereocenters. The Balaban J connectivity index is 2.62. The number of nitrogens with one attached hydrogen (secondary N) is 2. The lowest BCUT2D eigenvalue weighted by Gasteiger charge is -2.35. The highest BCUT2D eigenvalue weighted by atomic mass is 16.6. The van der Waals surface area contributed by atoms with Gasteiger partial charge in [0.25, 0.3) is 5.91 Å². The van der Waals surface area contributed by atoms with Gasteiger partial charge in [-0.15, -0.1) is 0 Å². The van der Waals surface area contributed by atoms with Crippen LogP contribution < -0.4 is 16.4 Å². The Bertz CT molecular complexity index is 1220. The number of ether oxygens (including phenoxy) is 1. The maximum atomic E-state index is 14.2. The molecule has 0 radical (unpaired) electrons. The molecule has 10 heteroatoms. The molecule has 0 bridgehead atoms. The molecule has 0 heterocycles. The summed E-state index contributed by atoms with van der Waals surface area (Å²) in [6.45, 7) is 10.7. The fraction of sp³-hybridized carbons (Fsp3) is 0.484. The number of primary amides is 1. The molecule has 0 spiro atoms. The van der Waals surface area contributed by atoms with Gasteiger partial charge < -0.3 is 31.1 Å². The number of hydrogen-bond acceptors (Lipinski definition) is 6. The third kappa shape index (κ3) is 10.1. The van der Waals surface area contributed by atoms with Crippen molar-refractivity contribution < 1.29 is 29.0 Å². The summed E-state index contributed by atoms with van der Waals surface area (Å²) in [6, 6.07) is 9.51. The summed E-state index contributed by atoms with van der Waals surface area (Å²) in [6.07, 6.45) is 1.80. The van der Waals surface area contributed by atoms with Gasteiger partial charge in [-0.3, -0.25) is 14.4 Å². The molecule has 2 aromatic carbocycles. The number of phenols is 1. The van der Waals surface area contributed by atoms with Gasteiger partial charge in [-0.05, 0) is 58.2 Å². The molecule has 41 heavy (non-hydrogen) atoms. The average molecular weight is 569 g/mol. The summed E-state index contributed by atoms with van der Waals surface area (Å²) < 4.78 is 5.32. The van der Waals surface area contributed by atoms with Crippen LogP contribution in [0.5, 0.6) is 5.75 Å². The molecule has 2 rings (SSSR count). The summed E-state index contributed by atoms with van der Waals surface area (Å²) in [5.41, 5.74) is 6.71. The number of amides is 4. The van der Waals surface area contributed by atoms with Crippen molar-refractivity contribution in [3.63, 3.8) is 0 Å². The molecule has 0 saturated heterocycles. The topological polar surface area (TPSA) is 151 Å². The Hall–Kier alpha value is -4.08. The van der Waals surface area contributed by atoms with Crippen LogP contribution in [-0.4, -0.2) is 52.0 Å². The summed E-state index contributed by atoms with van der Waals surface area (Å²) in [5.74, 6) is -2.20. The molecule has 10 nitrogen and oxygen atoms in total. The van der Waals surface area contributed by atoms with Gasteiger partial charge in [0, 0.05) is 17.8 Å². The number of nitrogens with zero attached hydrogens (tertiary/aromatic N) is 1. The van der Waals surface area contributed by atoms with Crippen molar-refractivity contribution in [3.05, 3.63) is 59.2 Å². The fourth-order valence-electron chi connectivity index (χ4n) is 4.39. The lowest BCUT2D eigenvalue weighted by molar-refractivity contribution is -0.142. The van der Waals surface area contributed by atoms with Crippen molar-refractivity contribution in [1.29, 1.82) is 0 Å². The number of carbonyl (C=O) groups excluding carboxylic acids is 4. The number of carbonyl (C=O) groups is 4. The zero-order chi connectivity index (χ0) is 30.7. The molecule has 2 atom stereocenters. The Kier molecular flexibility index (Phi) is 12.2. The second kappa shape index (κ2) is 15.1. The van der Waals surface area contributed by atoms with Gasteiger partial charge in [-0.1, -0.05) is 62.6 Å². The molecule has 2 aromatic rings. The minimum Gasteiger partial charge on any atom is -0.507 e. The first-order valence-electron chi connectivity index (χ1n) is 14.0. The number of benzene rings is 2. The number of phenolic OH excluding ortho intramolecular Hbond substituents is 1. The summed E-state index contributed by atoms with van der Waals surface area (Å²) in [7, 11) is 0. The van der Waals surface area contributed by atoms with Crippen LogP contribution in [-0.2, 0) is 19.1 Å². The van der Waals surface area contributed by atoms with Crippen LogP contribution in [0.25, 0.3) is 0 Å². The van der Waals surface area contributed by atoms with Gasteiger partial charge in [0.05, 0.1) is 6.42 Å². The third-order valence-corrected chi connectivity index (χ3v) is 6.46. The molecule has 0 aliphatic rings. The van der Waals surface area contributed by atoms with Gasteiger partial charge in [-0.25, -0.2) is 4.79 Å². The van der Waals surface area contributed by atoms with E-state index in [9.17, 15) is 24.3 Å². The maximum absolute atomic E-state index is 14.2. The largest absolute Gasteiger partial charge is 0.507 e. The predicted molar refractivity (Wildman–Crippen MR) is 158 cm³/mol. The molecule has 0 fully saturated rings. The van der Waals surface area contributed by atoms with Crippen molar-refractivity contribution in [1.82, 2.24) is 10.2 Å². The van der Waals surface area contributed by atoms with Crippen LogP contribution in [0, 0.1) is 13.8 Å². The van der Waals surface area contributed by atoms with E-state index in [1.54, 1.807) is 58.0 Å². The molecule has 0 aliphatic carbocycles. The number of para-hydroxylation sites is 2. The minimum absolute atomic E-state index is 0.128. The zero-order valence-electron chi connectivity index (χ0n) is 25.0. The minimum atomic E-state index is -1.39. The van der Waals surface area contributed by atoms with Crippen LogP contribution >= 0.6 is 0 Å². The van der Waals surface area contributed by atoms with Crippen LogP contribution in [0.4, 0.5) is 10.5 Å². The van der Waals surface area contributed by atoms with Gasteiger partial charge in [-0.2, -0.15) is 0 Å². The van der Waals surface area contributed by atoms with Crippen molar-refractivity contribution in [2.24, 2.45) is 5.73 Å². The van der Waals surface area contributed by atoms with Crippen molar-refractivity contribution >= 4 is 29.5 Å². The van der Waals surface area contributed by atoms with Crippen LogP contribution in [0.1, 0.15) is 82.5 Å². The van der Waals surface area contributed by atoms with E-state index < -0.39 is 47.9 Å². The number of hydrogen-bond donors (Lipinski definition) is 4. The van der Waals surface area contributed by atoms with E-state index in [1.807, 2.05) is 19.1 Å². The third-order valence-electron chi connectivity index (χ3n) is 6.46. The van der Waals surface area contributed by atoms with Gasteiger partial charge in [0.1, 0.15) is 23.4 Å². The van der Waals surface area contributed by atoms with E-state index in [4.69, 9.17) is 10.5 Å². The van der Waals surface area contributed by atoms with Gasteiger partial charge in [0.2, 0.25) is 11.8 Å². The van der Waals surface area contributed by atoms with Gasteiger partial charge in [0.15, 0.2) is 0 Å². The first kappa shape index (κ1) is 33.1. The predicted octanol–water partition coefficient (Wildman–Crippen LogP) is 4.87. The van der Waals surface area contributed by atoms with E-state index in [-0.39, 0.29) is 17.9 Å². The Labute approximate surface area is 242 Å². The molecule has 224 valence electrons. The number of alkyl carbamates (subject to hydrolysis) is 1. The van der Waals surface area contributed by atoms with E-state index >= 15 is 0 Å². The number of aryl methyl sites for hydroxylation is 2. The Morgan fingerprint density at radius 3 is 2.24 bits per heavy atom. The molecule has 4 amide bonds. The first-order valence-corrected chi connectivity index (χ1v) is 14.0. The van der Waals surface area contributed by atoms with Gasteiger partial charge >= 0.3 is 6.09 Å². The monoisotopic (exact) mass is 568 g/mol. The maximum Gasteiger partial charge on any atom is 0.408 e. The molecule has 0 aliphatic heterocycles. The number of nitrogens with two attached hydrogens (primary N) is 1. The number of unbranched alkanes of at least 4 members (excludes halogenated alkanes) is 3. The second-order valence-electron chi connectivity index (χ2n) is 11.2. The molecular formula is C31H44N4O6. The number of rotatable bonds is 13. The Morgan fingerprint density at radius 2 is 1.63 bits per heavy atom. The Morgan fingerprint density at radius 1 is 0.976 bits per heavy atom. The van der Waals surface area contributed by atoms with Crippen LogP contribution in [0.15, 0.2) is 42.5 Å². The molecule has 5 N–H and O–H groups in total. The number of aromatic hydroxyl groups is 1. The molecule has 0 aromatic heterocycles. The SMILES string of the molecule is CCCCCCN(C(=O)C(CC(N)=O)NC(=O)OC(C)(C)C)C(C(=O)Nc1ccccc1C)c1cccc(C)c1O. The average Bonchev–Trinajstić information content (AvgIpc) is 2.87. The highest BCUT2D eigenvalue weighted by Crippen LogP contribution is 2.33. The van der Waals surface area contributed by atoms with Crippen LogP contribution in [0.2, 0.25) is 0 Å². The normalized spacial score (nSPS) is 12.6. The summed E-state index contributed by atoms with van der Waals surface area (Å²) in [4.78, 5) is 54.1. The number of anilines is 1. The first-order chi connectivity index (χ1) is 19.2. The summed E-state index contributed by atoms with van der Waals surface area (Å²) >= 11 is 0. The lowest BCUT2D eigenvalue weighted by Crippen LogP contribution is -2.53. The molecular weight excluding hydrogens is 524 g/mol. The van der Waals surface area contributed by atoms with E-state index in [0.717, 1.165) is 24.8 Å². The molecule has 0 saturated carbocycles. The fourth-order valence-corrected chi connectivity index (χ4v) is 4.39. The van der Waals surface area contributed by atoms with Crippen molar-refractivity contribution in [2.75, 3.05) is 11.9 Å². The summed E-state index contributed by atoms with van der Waals surface area (Å²) in [5, 5.41) is 16.4. The lowest BCUT2D eigenvalue weighted by atomic mass is 9.98. The highest BCUT2D eigenvalue weighted by molar-refractivity contribution is 6.00. The second-order valence-corrected chi connectivity index (χ2v) is 11.2. The smallest absolute Gasteiger partial charge is 0.408 e. The zero-order valence-corrected chi connectivity index (χ0v) is 25.0.